The average Bonchev–Trinajstić information content (AvgIpc) is 2.29. The number of alkyl halides is 2. The maximum Gasteiger partial charge on any atom is 0.387 e. The number of carbonyl (C=O) groups is 1. The van der Waals surface area contributed by atoms with Gasteiger partial charge >= 0.3 is 6.61 Å². The molecular formula is C11H14BrClF2N2O2. The smallest absolute Gasteiger partial charge is 0.387 e. The van der Waals surface area contributed by atoms with Gasteiger partial charge in [0.2, 0.25) is 5.91 Å². The number of amides is 1. The number of nitrogens with one attached hydrogen (secondary N) is 1. The second-order valence-corrected chi connectivity index (χ2v) is 4.36. The zero-order valence-corrected chi connectivity index (χ0v) is 12.3. The third-order valence-corrected chi connectivity index (χ3v) is 2.58. The van der Waals surface area contributed by atoms with Crippen LogP contribution >= 0.6 is 28.3 Å². The lowest BCUT2D eigenvalue weighted by atomic mass is 10.2. The number of ether oxygens (including phenoxy) is 1. The molecule has 3 N–H and O–H groups in total. The molecule has 19 heavy (non-hydrogen) atoms. The first-order valence-electron chi connectivity index (χ1n) is 5.23. The maximum absolute atomic E-state index is 12.2. The molecule has 0 unspecified atom stereocenters. The van der Waals surface area contributed by atoms with Crippen molar-refractivity contribution < 1.29 is 18.3 Å². The fourth-order valence-corrected chi connectivity index (χ4v) is 1.72. The summed E-state index contributed by atoms with van der Waals surface area (Å²) in [4.78, 5) is 11.2. The second-order valence-electron chi connectivity index (χ2n) is 3.45. The minimum absolute atomic E-state index is 0. The first-order valence-corrected chi connectivity index (χ1v) is 6.02. The first kappa shape index (κ1) is 18.1. The molecule has 0 bridgehead atoms. The summed E-state index contributed by atoms with van der Waals surface area (Å²) >= 11 is 3.22. The molecule has 0 aliphatic rings. The van der Waals surface area contributed by atoms with Gasteiger partial charge in [0, 0.05) is 29.5 Å². The summed E-state index contributed by atoms with van der Waals surface area (Å²) in [5, 5.41) is 2.58. The summed E-state index contributed by atoms with van der Waals surface area (Å²) in [6.07, 6.45) is 0.193. The fourth-order valence-electron chi connectivity index (χ4n) is 1.31. The molecule has 0 spiro atoms. The predicted octanol–water partition coefficient (Wildman–Crippen LogP) is 2.44. The van der Waals surface area contributed by atoms with E-state index in [4.69, 9.17) is 5.73 Å². The van der Waals surface area contributed by atoms with Crippen molar-refractivity contribution in [2.24, 2.45) is 5.73 Å². The van der Waals surface area contributed by atoms with Crippen molar-refractivity contribution in [1.29, 1.82) is 0 Å². The van der Waals surface area contributed by atoms with Gasteiger partial charge in [-0.05, 0) is 18.2 Å². The molecule has 1 amide bonds. The minimum Gasteiger partial charge on any atom is -0.434 e. The zero-order valence-electron chi connectivity index (χ0n) is 9.87. The van der Waals surface area contributed by atoms with Gasteiger partial charge in [-0.15, -0.1) is 12.4 Å². The van der Waals surface area contributed by atoms with Crippen LogP contribution in [0.15, 0.2) is 22.7 Å². The Morgan fingerprint density at radius 1 is 1.47 bits per heavy atom. The minimum atomic E-state index is -2.90. The molecular weight excluding hydrogens is 345 g/mol. The van der Waals surface area contributed by atoms with Crippen LogP contribution in [0.2, 0.25) is 0 Å². The summed E-state index contributed by atoms with van der Waals surface area (Å²) in [5.41, 5.74) is 5.69. The normalized spacial score (nSPS) is 9.95. The molecule has 1 aromatic rings. The Morgan fingerprint density at radius 3 is 2.74 bits per heavy atom. The number of halogens is 4. The SMILES string of the molecule is Cl.NCCC(=O)NCc1cc(Br)ccc1OC(F)F. The van der Waals surface area contributed by atoms with Gasteiger partial charge in [0.05, 0.1) is 0 Å². The predicted molar refractivity (Wildman–Crippen MR) is 73.5 cm³/mol. The van der Waals surface area contributed by atoms with Gasteiger partial charge in [-0.2, -0.15) is 8.78 Å². The molecule has 0 aliphatic carbocycles. The molecule has 0 aromatic heterocycles. The summed E-state index contributed by atoms with van der Waals surface area (Å²) in [6, 6.07) is 4.62. The highest BCUT2D eigenvalue weighted by Gasteiger charge is 2.11. The second kappa shape index (κ2) is 9.06. The van der Waals surface area contributed by atoms with Crippen LogP contribution < -0.4 is 15.8 Å². The van der Waals surface area contributed by atoms with Crippen molar-refractivity contribution >= 4 is 34.2 Å². The molecule has 1 aromatic carbocycles. The zero-order chi connectivity index (χ0) is 13.5. The maximum atomic E-state index is 12.2. The number of rotatable bonds is 6. The van der Waals surface area contributed by atoms with Crippen LogP contribution in [0, 0.1) is 0 Å². The van der Waals surface area contributed by atoms with E-state index in [1.54, 1.807) is 12.1 Å². The Kier molecular flexibility index (Phi) is 8.62. The lowest BCUT2D eigenvalue weighted by Gasteiger charge is -2.12. The average molecular weight is 360 g/mol. The topological polar surface area (TPSA) is 64.4 Å². The first-order chi connectivity index (χ1) is 8.52. The third-order valence-electron chi connectivity index (χ3n) is 2.09. The monoisotopic (exact) mass is 358 g/mol. The van der Waals surface area contributed by atoms with Crippen LogP contribution in [0.3, 0.4) is 0 Å². The molecule has 0 radical (unpaired) electrons. The van der Waals surface area contributed by atoms with E-state index in [0.29, 0.717) is 10.0 Å². The van der Waals surface area contributed by atoms with E-state index < -0.39 is 6.61 Å². The van der Waals surface area contributed by atoms with Crippen molar-refractivity contribution in [3.63, 3.8) is 0 Å². The van der Waals surface area contributed by atoms with Crippen LogP contribution in [-0.4, -0.2) is 19.1 Å². The van der Waals surface area contributed by atoms with E-state index in [-0.39, 0.29) is 43.6 Å². The molecule has 108 valence electrons. The quantitative estimate of drug-likeness (QED) is 0.820. The lowest BCUT2D eigenvalue weighted by Crippen LogP contribution is -2.25. The van der Waals surface area contributed by atoms with Gasteiger partial charge in [0.15, 0.2) is 0 Å². The highest BCUT2D eigenvalue weighted by atomic mass is 79.9. The number of carbonyl (C=O) groups excluding carboxylic acids is 1. The fraction of sp³-hybridized carbons (Fsp3) is 0.364. The van der Waals surface area contributed by atoms with Gasteiger partial charge in [0.25, 0.3) is 0 Å². The van der Waals surface area contributed by atoms with E-state index in [1.165, 1.54) is 6.07 Å². The highest BCUT2D eigenvalue weighted by molar-refractivity contribution is 9.10. The van der Waals surface area contributed by atoms with Crippen LogP contribution in [0.25, 0.3) is 0 Å². The van der Waals surface area contributed by atoms with E-state index in [2.05, 4.69) is 26.0 Å². The Morgan fingerprint density at radius 2 is 2.16 bits per heavy atom. The third kappa shape index (κ3) is 6.70. The Labute approximate surface area is 124 Å². The lowest BCUT2D eigenvalue weighted by molar-refractivity contribution is -0.121. The van der Waals surface area contributed by atoms with Gasteiger partial charge in [-0.25, -0.2) is 0 Å². The molecule has 0 aliphatic heterocycles. The Balaban J connectivity index is 0.00000324. The van der Waals surface area contributed by atoms with E-state index in [1.807, 2.05) is 0 Å². The molecule has 1 rings (SSSR count). The Bertz CT molecular complexity index is 422. The summed E-state index contributed by atoms with van der Waals surface area (Å²) in [6.45, 7) is -2.55. The van der Waals surface area contributed by atoms with Gasteiger partial charge in [-0.3, -0.25) is 4.79 Å². The standard InChI is InChI=1S/C11H13BrF2N2O2.ClH/c12-8-1-2-9(18-11(13)14)7(5-8)6-16-10(17)3-4-15;/h1-2,5,11H,3-4,6,15H2,(H,16,17);1H. The van der Waals surface area contributed by atoms with E-state index >= 15 is 0 Å². The number of benzene rings is 1. The number of nitrogens with two attached hydrogens (primary N) is 1. The largest absolute Gasteiger partial charge is 0.434 e. The van der Waals surface area contributed by atoms with Crippen LogP contribution in [0.5, 0.6) is 5.75 Å². The van der Waals surface area contributed by atoms with Crippen molar-refractivity contribution in [1.82, 2.24) is 5.32 Å². The molecule has 0 saturated heterocycles. The molecule has 0 atom stereocenters. The highest BCUT2D eigenvalue weighted by Crippen LogP contribution is 2.24. The van der Waals surface area contributed by atoms with Crippen molar-refractivity contribution in [3.05, 3.63) is 28.2 Å². The van der Waals surface area contributed by atoms with Crippen LogP contribution in [0.1, 0.15) is 12.0 Å². The van der Waals surface area contributed by atoms with Crippen LogP contribution in [0.4, 0.5) is 8.78 Å². The summed E-state index contributed by atoms with van der Waals surface area (Å²) < 4.78 is 29.4. The molecule has 0 fully saturated rings. The molecule has 0 saturated carbocycles. The van der Waals surface area contributed by atoms with Gasteiger partial charge in [0.1, 0.15) is 5.75 Å². The van der Waals surface area contributed by atoms with Crippen LogP contribution in [-0.2, 0) is 11.3 Å². The number of hydrogen-bond acceptors (Lipinski definition) is 3. The van der Waals surface area contributed by atoms with Gasteiger partial charge < -0.3 is 15.8 Å². The Hall–Kier alpha value is -0.920. The van der Waals surface area contributed by atoms with E-state index in [9.17, 15) is 13.6 Å². The summed E-state index contributed by atoms with van der Waals surface area (Å²) in [7, 11) is 0. The van der Waals surface area contributed by atoms with Gasteiger partial charge in [-0.1, -0.05) is 15.9 Å². The molecule has 4 nitrogen and oxygen atoms in total. The van der Waals surface area contributed by atoms with Crippen molar-refractivity contribution in [2.45, 2.75) is 19.6 Å². The molecule has 8 heteroatoms. The number of hydrogen-bond donors (Lipinski definition) is 2. The molecule has 0 heterocycles. The van der Waals surface area contributed by atoms with Crippen molar-refractivity contribution in [3.8, 4) is 5.75 Å². The van der Waals surface area contributed by atoms with Crippen molar-refractivity contribution in [2.75, 3.05) is 6.54 Å². The van der Waals surface area contributed by atoms with E-state index in [0.717, 1.165) is 0 Å². The summed E-state index contributed by atoms with van der Waals surface area (Å²) in [5.74, 6) is -0.193.